The molecule has 1 aliphatic carbocycles. The standard InChI is InChI=1S/C25H30N2O3/c1-24(2,3)15-11-12-20(22(29)18(13-15)25(4,5)6)27-23(30)17-14-26-19-10-8-7-9-16(19)21(17)28/h7-14,20,29H,1-6H3,(H,26,28)(H,27,30). The molecule has 0 saturated heterocycles. The first-order chi connectivity index (χ1) is 13.9. The van der Waals surface area contributed by atoms with Crippen LogP contribution in [0.2, 0.25) is 0 Å². The summed E-state index contributed by atoms with van der Waals surface area (Å²) in [5.41, 5.74) is 1.71. The van der Waals surface area contributed by atoms with E-state index in [1.54, 1.807) is 24.3 Å². The van der Waals surface area contributed by atoms with Gasteiger partial charge < -0.3 is 15.4 Å². The van der Waals surface area contributed by atoms with Crippen molar-refractivity contribution >= 4 is 16.8 Å². The molecule has 0 saturated carbocycles. The maximum Gasteiger partial charge on any atom is 0.257 e. The molecule has 1 amide bonds. The van der Waals surface area contributed by atoms with E-state index in [0.717, 1.165) is 11.1 Å². The zero-order valence-corrected chi connectivity index (χ0v) is 18.5. The Morgan fingerprint density at radius 2 is 1.73 bits per heavy atom. The van der Waals surface area contributed by atoms with Crippen molar-refractivity contribution in [1.82, 2.24) is 10.3 Å². The van der Waals surface area contributed by atoms with E-state index in [4.69, 9.17) is 0 Å². The minimum absolute atomic E-state index is 0.0143. The molecule has 0 fully saturated rings. The predicted octanol–water partition coefficient (Wildman–Crippen LogP) is 5.03. The normalized spacial score (nSPS) is 17.7. The Morgan fingerprint density at radius 1 is 1.07 bits per heavy atom. The first-order valence-electron chi connectivity index (χ1n) is 10.1. The summed E-state index contributed by atoms with van der Waals surface area (Å²) >= 11 is 0. The molecule has 158 valence electrons. The summed E-state index contributed by atoms with van der Waals surface area (Å²) in [5, 5.41) is 14.3. The summed E-state index contributed by atoms with van der Waals surface area (Å²) in [4.78, 5) is 28.7. The summed E-state index contributed by atoms with van der Waals surface area (Å²) in [5.74, 6) is -0.445. The van der Waals surface area contributed by atoms with Crippen LogP contribution < -0.4 is 10.7 Å². The van der Waals surface area contributed by atoms with Gasteiger partial charge in [-0.3, -0.25) is 9.59 Å². The lowest BCUT2D eigenvalue weighted by atomic mass is 9.80. The number of carbonyl (C=O) groups is 1. The molecule has 1 unspecified atom stereocenters. The van der Waals surface area contributed by atoms with Crippen LogP contribution in [-0.4, -0.2) is 22.0 Å². The van der Waals surface area contributed by atoms with Gasteiger partial charge in [0.1, 0.15) is 17.4 Å². The van der Waals surface area contributed by atoms with Gasteiger partial charge in [0.25, 0.3) is 5.91 Å². The Hall–Kier alpha value is -3.08. The average molecular weight is 407 g/mol. The third-order valence-corrected chi connectivity index (χ3v) is 5.33. The molecule has 2 aromatic rings. The predicted molar refractivity (Wildman–Crippen MR) is 122 cm³/mol. The molecule has 1 aromatic heterocycles. The van der Waals surface area contributed by atoms with Crippen LogP contribution in [0.4, 0.5) is 0 Å². The SMILES string of the molecule is CC(C)(C)C1=CC(C(C)(C)C)=C(O)C(NC(=O)c2c[nH]c3ccccc3c2=O)C=C1. The van der Waals surface area contributed by atoms with Gasteiger partial charge in [-0.25, -0.2) is 0 Å². The van der Waals surface area contributed by atoms with E-state index in [9.17, 15) is 14.7 Å². The van der Waals surface area contributed by atoms with Gasteiger partial charge in [-0.1, -0.05) is 71.9 Å². The molecular formula is C25H30N2O3. The first-order valence-corrected chi connectivity index (χ1v) is 10.1. The Morgan fingerprint density at radius 3 is 2.37 bits per heavy atom. The molecule has 1 aromatic carbocycles. The quantitative estimate of drug-likeness (QED) is 0.654. The second-order valence-electron chi connectivity index (χ2n) is 9.79. The minimum Gasteiger partial charge on any atom is -0.509 e. The highest BCUT2D eigenvalue weighted by Crippen LogP contribution is 2.37. The van der Waals surface area contributed by atoms with E-state index in [-0.39, 0.29) is 27.6 Å². The Balaban J connectivity index is 2.01. The number of nitrogens with one attached hydrogen (secondary N) is 2. The van der Waals surface area contributed by atoms with E-state index in [1.165, 1.54) is 6.20 Å². The molecule has 5 heteroatoms. The van der Waals surface area contributed by atoms with Crippen LogP contribution in [0.3, 0.4) is 0 Å². The molecule has 30 heavy (non-hydrogen) atoms. The highest BCUT2D eigenvalue weighted by Gasteiger charge is 2.29. The summed E-state index contributed by atoms with van der Waals surface area (Å²) < 4.78 is 0. The fourth-order valence-corrected chi connectivity index (χ4v) is 3.48. The fraction of sp³-hybridized carbons (Fsp3) is 0.360. The van der Waals surface area contributed by atoms with Gasteiger partial charge in [-0.15, -0.1) is 0 Å². The molecule has 0 radical (unpaired) electrons. The van der Waals surface area contributed by atoms with Crippen molar-refractivity contribution in [2.24, 2.45) is 10.8 Å². The van der Waals surface area contributed by atoms with E-state index >= 15 is 0 Å². The fourth-order valence-electron chi connectivity index (χ4n) is 3.48. The number of hydrogen-bond donors (Lipinski definition) is 3. The van der Waals surface area contributed by atoms with Gasteiger partial charge in [0, 0.05) is 17.1 Å². The van der Waals surface area contributed by atoms with Crippen LogP contribution in [0, 0.1) is 10.8 Å². The number of aromatic nitrogens is 1. The number of rotatable bonds is 2. The monoisotopic (exact) mass is 406 g/mol. The van der Waals surface area contributed by atoms with Gasteiger partial charge in [0.05, 0.1) is 0 Å². The summed E-state index contributed by atoms with van der Waals surface area (Å²) in [6.07, 6.45) is 7.13. The van der Waals surface area contributed by atoms with Gasteiger partial charge >= 0.3 is 0 Å². The van der Waals surface area contributed by atoms with Gasteiger partial charge in [0.15, 0.2) is 0 Å². The molecule has 0 aliphatic heterocycles. The molecule has 1 heterocycles. The summed E-state index contributed by atoms with van der Waals surface area (Å²) in [6.45, 7) is 12.4. The number of benzene rings is 1. The Bertz CT molecular complexity index is 1140. The van der Waals surface area contributed by atoms with Gasteiger partial charge in [-0.05, 0) is 34.1 Å². The maximum absolute atomic E-state index is 13.0. The molecule has 5 nitrogen and oxygen atoms in total. The smallest absolute Gasteiger partial charge is 0.257 e. The topological polar surface area (TPSA) is 82.2 Å². The number of H-pyrrole nitrogens is 1. The van der Waals surface area contributed by atoms with E-state index in [1.807, 2.05) is 39.0 Å². The number of amides is 1. The van der Waals surface area contributed by atoms with Crippen LogP contribution in [0.5, 0.6) is 0 Å². The molecule has 3 N–H and O–H groups in total. The minimum atomic E-state index is -0.728. The number of para-hydroxylation sites is 1. The molecule has 1 atom stereocenters. The zero-order valence-electron chi connectivity index (χ0n) is 18.5. The van der Waals surface area contributed by atoms with Crippen LogP contribution in [0.15, 0.2) is 70.4 Å². The zero-order chi connectivity index (χ0) is 22.3. The number of aliphatic hydroxyl groups is 1. The van der Waals surface area contributed by atoms with Crippen LogP contribution in [0.25, 0.3) is 10.9 Å². The largest absolute Gasteiger partial charge is 0.509 e. The van der Waals surface area contributed by atoms with Crippen LogP contribution >= 0.6 is 0 Å². The van der Waals surface area contributed by atoms with Crippen LogP contribution in [-0.2, 0) is 0 Å². The summed E-state index contributed by atoms with van der Waals surface area (Å²) in [7, 11) is 0. The Labute approximate surface area is 177 Å². The molecule has 3 rings (SSSR count). The van der Waals surface area contributed by atoms with E-state index in [2.05, 4.69) is 31.1 Å². The van der Waals surface area contributed by atoms with Crippen molar-refractivity contribution in [2.75, 3.05) is 0 Å². The third-order valence-electron chi connectivity index (χ3n) is 5.33. The number of aromatic amines is 1. The number of allylic oxidation sites excluding steroid dienone is 4. The van der Waals surface area contributed by atoms with Crippen molar-refractivity contribution in [3.05, 3.63) is 81.4 Å². The van der Waals surface area contributed by atoms with Crippen molar-refractivity contribution in [3.8, 4) is 0 Å². The number of carbonyl (C=O) groups excluding carboxylic acids is 1. The number of pyridine rings is 1. The molecule has 0 bridgehead atoms. The third kappa shape index (κ3) is 4.25. The maximum atomic E-state index is 13.0. The van der Waals surface area contributed by atoms with E-state index < -0.39 is 11.9 Å². The lowest BCUT2D eigenvalue weighted by Gasteiger charge is -2.26. The number of aliphatic hydroxyl groups excluding tert-OH is 1. The molecule has 0 spiro atoms. The highest BCUT2D eigenvalue weighted by atomic mass is 16.3. The van der Waals surface area contributed by atoms with Crippen molar-refractivity contribution < 1.29 is 9.90 Å². The second kappa shape index (κ2) is 7.63. The number of hydrogen-bond acceptors (Lipinski definition) is 3. The lowest BCUT2D eigenvalue weighted by molar-refractivity contribution is 0.0940. The highest BCUT2D eigenvalue weighted by molar-refractivity contribution is 5.97. The molecule has 1 aliphatic rings. The summed E-state index contributed by atoms with van der Waals surface area (Å²) in [6, 6.07) is 6.33. The van der Waals surface area contributed by atoms with Crippen molar-refractivity contribution in [2.45, 2.75) is 47.6 Å². The molecular weight excluding hydrogens is 376 g/mol. The van der Waals surface area contributed by atoms with Crippen molar-refractivity contribution in [1.29, 1.82) is 0 Å². The number of fused-ring (bicyclic) bond motifs is 1. The second-order valence-corrected chi connectivity index (χ2v) is 9.79. The van der Waals surface area contributed by atoms with Crippen molar-refractivity contribution in [3.63, 3.8) is 0 Å². The van der Waals surface area contributed by atoms with Gasteiger partial charge in [-0.2, -0.15) is 0 Å². The van der Waals surface area contributed by atoms with Gasteiger partial charge in [0.2, 0.25) is 5.43 Å². The Kier molecular flexibility index (Phi) is 5.50. The lowest BCUT2D eigenvalue weighted by Crippen LogP contribution is -2.38. The van der Waals surface area contributed by atoms with Crippen LogP contribution in [0.1, 0.15) is 51.9 Å². The average Bonchev–Trinajstić information content (AvgIpc) is 2.81. The van der Waals surface area contributed by atoms with E-state index in [0.29, 0.717) is 10.9 Å². The first kappa shape index (κ1) is 21.6.